The lowest BCUT2D eigenvalue weighted by molar-refractivity contribution is -0.374. The second-order valence-corrected chi connectivity index (χ2v) is 15.2. The first-order valence-electron chi connectivity index (χ1n) is 10.9. The van der Waals surface area contributed by atoms with Crippen molar-refractivity contribution in [1.82, 2.24) is 0 Å². The number of hydrogen-bond acceptors (Lipinski definition) is 4. The van der Waals surface area contributed by atoms with Crippen LogP contribution in [-0.2, 0) is 18.6 Å². The predicted molar refractivity (Wildman–Crippen MR) is 114 cm³/mol. The highest BCUT2D eigenvalue weighted by Crippen LogP contribution is 2.43. The number of rotatable bonds is 9. The van der Waals surface area contributed by atoms with E-state index in [0.29, 0.717) is 35.0 Å². The van der Waals surface area contributed by atoms with Gasteiger partial charge in [-0.05, 0) is 35.9 Å². The lowest BCUT2D eigenvalue weighted by atomic mass is 9.97. The molecule has 0 aliphatic carbocycles. The Morgan fingerprint density at radius 2 is 1.67 bits per heavy atom. The first-order valence-corrected chi connectivity index (χ1v) is 13.5. The highest BCUT2D eigenvalue weighted by molar-refractivity contribution is 6.77. The third kappa shape index (κ3) is 5.29. The first-order chi connectivity index (χ1) is 12.7. The lowest BCUT2D eigenvalue weighted by Gasteiger charge is -2.44. The maximum atomic E-state index is 6.80. The minimum atomic E-state index is -1.85. The summed E-state index contributed by atoms with van der Waals surface area (Å²) in [6.07, 6.45) is 3.88. The van der Waals surface area contributed by atoms with E-state index in [1.165, 1.54) is 0 Å². The van der Waals surface area contributed by atoms with E-state index in [0.717, 1.165) is 32.3 Å². The SMILES string of the molecule is CC(C)[Si](OC[C@H](C)[C@H]1CCCC2(OC[C@H](CCCl)O2)O1)(C(C)C)C(C)C. The molecule has 2 rings (SSSR count). The fraction of sp³-hybridized carbons (Fsp3) is 1.00. The van der Waals surface area contributed by atoms with Gasteiger partial charge in [0.1, 0.15) is 0 Å². The van der Waals surface area contributed by atoms with E-state index in [-0.39, 0.29) is 12.2 Å². The van der Waals surface area contributed by atoms with Crippen LogP contribution in [0.25, 0.3) is 0 Å². The molecule has 27 heavy (non-hydrogen) atoms. The summed E-state index contributed by atoms with van der Waals surface area (Å²) in [6.45, 7) is 17.6. The standard InChI is InChI=1S/C21H41ClO4Si/c1-15(2)27(16(3)4,17(5)6)24-13-18(7)20-9-8-11-21(26-20)23-14-19(25-21)10-12-22/h15-20H,8-14H2,1-7H3/t18-,19-,20+,21?/m0/s1. The molecule has 4 atom stereocenters. The Hall–Kier alpha value is 0.347. The van der Waals surface area contributed by atoms with Crippen molar-refractivity contribution in [2.45, 2.75) is 109 Å². The maximum Gasteiger partial charge on any atom is 0.283 e. The topological polar surface area (TPSA) is 36.9 Å². The van der Waals surface area contributed by atoms with Gasteiger partial charge in [-0.1, -0.05) is 48.5 Å². The number of ether oxygens (including phenoxy) is 3. The van der Waals surface area contributed by atoms with Crippen LogP contribution in [0.3, 0.4) is 0 Å². The van der Waals surface area contributed by atoms with Gasteiger partial charge in [0.2, 0.25) is 0 Å². The van der Waals surface area contributed by atoms with Crippen molar-refractivity contribution in [3.8, 4) is 0 Å². The number of hydrogen-bond donors (Lipinski definition) is 0. The molecule has 1 unspecified atom stereocenters. The molecule has 0 bridgehead atoms. The van der Waals surface area contributed by atoms with Gasteiger partial charge in [-0.3, -0.25) is 0 Å². The molecule has 2 aliphatic heterocycles. The van der Waals surface area contributed by atoms with Crippen molar-refractivity contribution >= 4 is 19.9 Å². The summed E-state index contributed by atoms with van der Waals surface area (Å²) in [6, 6.07) is 0. The maximum absolute atomic E-state index is 6.80. The van der Waals surface area contributed by atoms with Gasteiger partial charge < -0.3 is 18.6 Å². The minimum absolute atomic E-state index is 0.0516. The fourth-order valence-electron chi connectivity index (χ4n) is 5.15. The third-order valence-corrected chi connectivity index (χ3v) is 12.8. The molecule has 0 amide bonds. The first kappa shape index (κ1) is 23.6. The molecule has 0 aromatic heterocycles. The van der Waals surface area contributed by atoms with E-state index in [1.807, 2.05) is 0 Å². The van der Waals surface area contributed by atoms with Gasteiger partial charge in [0.15, 0.2) is 8.32 Å². The van der Waals surface area contributed by atoms with Crippen LogP contribution in [0.2, 0.25) is 16.6 Å². The molecule has 1 spiro atoms. The van der Waals surface area contributed by atoms with E-state index in [1.54, 1.807) is 0 Å². The molecule has 2 fully saturated rings. The summed E-state index contributed by atoms with van der Waals surface area (Å²) in [7, 11) is -1.85. The van der Waals surface area contributed by atoms with Crippen LogP contribution in [0.4, 0.5) is 0 Å². The van der Waals surface area contributed by atoms with Crippen molar-refractivity contribution in [1.29, 1.82) is 0 Å². The van der Waals surface area contributed by atoms with Gasteiger partial charge in [-0.2, -0.15) is 0 Å². The van der Waals surface area contributed by atoms with E-state index in [9.17, 15) is 0 Å². The quantitative estimate of drug-likeness (QED) is 0.334. The molecular formula is C21H41ClO4Si. The molecule has 4 nitrogen and oxygen atoms in total. The Morgan fingerprint density at radius 1 is 1.04 bits per heavy atom. The van der Waals surface area contributed by atoms with Crippen LogP contribution in [0, 0.1) is 5.92 Å². The van der Waals surface area contributed by atoms with E-state index in [4.69, 9.17) is 30.2 Å². The Bertz CT molecular complexity index is 438. The summed E-state index contributed by atoms with van der Waals surface area (Å²) in [4.78, 5) is 0. The largest absolute Gasteiger partial charge is 0.416 e. The molecule has 0 aromatic carbocycles. The van der Waals surface area contributed by atoms with Gasteiger partial charge >= 0.3 is 0 Å². The average Bonchev–Trinajstić information content (AvgIpc) is 2.96. The fourth-order valence-corrected chi connectivity index (χ4v) is 10.9. The summed E-state index contributed by atoms with van der Waals surface area (Å²) >= 11 is 5.86. The molecule has 0 saturated carbocycles. The monoisotopic (exact) mass is 420 g/mol. The molecule has 0 aromatic rings. The van der Waals surface area contributed by atoms with Crippen molar-refractivity contribution < 1.29 is 18.6 Å². The number of halogens is 1. The average molecular weight is 421 g/mol. The normalized spacial score (nSPS) is 30.8. The van der Waals surface area contributed by atoms with Gasteiger partial charge in [0, 0.05) is 24.8 Å². The van der Waals surface area contributed by atoms with Gasteiger partial charge in [0.25, 0.3) is 5.97 Å². The molecule has 2 heterocycles. The Morgan fingerprint density at radius 3 is 2.22 bits per heavy atom. The van der Waals surface area contributed by atoms with Crippen molar-refractivity contribution in [2.75, 3.05) is 19.1 Å². The Kier molecular flexibility index (Phi) is 8.66. The zero-order chi connectivity index (χ0) is 20.2. The zero-order valence-corrected chi connectivity index (χ0v) is 20.2. The molecule has 0 radical (unpaired) electrons. The predicted octanol–water partition coefficient (Wildman–Crippen LogP) is 6.08. The summed E-state index contributed by atoms with van der Waals surface area (Å²) in [5.41, 5.74) is 1.79. The van der Waals surface area contributed by atoms with Gasteiger partial charge in [-0.15, -0.1) is 11.6 Å². The van der Waals surface area contributed by atoms with E-state index >= 15 is 0 Å². The van der Waals surface area contributed by atoms with Gasteiger partial charge in [-0.25, -0.2) is 0 Å². The highest BCUT2D eigenvalue weighted by atomic mass is 35.5. The third-order valence-electron chi connectivity index (χ3n) is 6.51. The molecule has 6 heteroatoms. The van der Waals surface area contributed by atoms with Gasteiger partial charge in [0.05, 0.1) is 18.8 Å². The van der Waals surface area contributed by atoms with Crippen LogP contribution in [-0.4, -0.2) is 45.6 Å². The van der Waals surface area contributed by atoms with Crippen molar-refractivity contribution in [2.24, 2.45) is 5.92 Å². The molecule has 2 aliphatic rings. The van der Waals surface area contributed by atoms with Crippen LogP contribution < -0.4 is 0 Å². The van der Waals surface area contributed by atoms with Crippen LogP contribution >= 0.6 is 11.6 Å². The van der Waals surface area contributed by atoms with E-state index < -0.39 is 14.3 Å². The lowest BCUT2D eigenvalue weighted by Crippen LogP contribution is -2.50. The highest BCUT2D eigenvalue weighted by Gasteiger charge is 2.49. The Labute approximate surface area is 172 Å². The van der Waals surface area contributed by atoms with Crippen molar-refractivity contribution in [3.63, 3.8) is 0 Å². The number of alkyl halides is 1. The summed E-state index contributed by atoms with van der Waals surface area (Å²) in [5.74, 6) is 0.0604. The Balaban J connectivity index is 1.98. The molecular weight excluding hydrogens is 380 g/mol. The summed E-state index contributed by atoms with van der Waals surface area (Å²) < 4.78 is 25.2. The van der Waals surface area contributed by atoms with Crippen LogP contribution in [0.1, 0.15) is 74.1 Å². The second-order valence-electron chi connectivity index (χ2n) is 9.37. The molecule has 0 N–H and O–H groups in total. The van der Waals surface area contributed by atoms with E-state index in [2.05, 4.69) is 48.5 Å². The summed E-state index contributed by atoms with van der Waals surface area (Å²) in [5, 5.41) is 0. The van der Waals surface area contributed by atoms with Crippen LogP contribution in [0.5, 0.6) is 0 Å². The van der Waals surface area contributed by atoms with Crippen molar-refractivity contribution in [3.05, 3.63) is 0 Å². The molecule has 2 saturated heterocycles. The minimum Gasteiger partial charge on any atom is -0.416 e. The molecule has 160 valence electrons. The smallest absolute Gasteiger partial charge is 0.283 e. The second kappa shape index (κ2) is 9.90. The zero-order valence-electron chi connectivity index (χ0n) is 18.4. The van der Waals surface area contributed by atoms with Crippen LogP contribution in [0.15, 0.2) is 0 Å².